The van der Waals surface area contributed by atoms with Gasteiger partial charge in [-0.2, -0.15) is 0 Å². The Hall–Kier alpha value is -1.92. The van der Waals surface area contributed by atoms with Crippen LogP contribution < -0.4 is 16.4 Å². The van der Waals surface area contributed by atoms with Crippen LogP contribution in [-0.4, -0.2) is 30.1 Å². The quantitative estimate of drug-likeness (QED) is 0.775. The fourth-order valence-corrected chi connectivity index (χ4v) is 4.27. The fraction of sp³-hybridized carbons (Fsp3) is 0.579. The van der Waals surface area contributed by atoms with E-state index in [4.69, 9.17) is 10.5 Å². The van der Waals surface area contributed by atoms with Gasteiger partial charge in [-0.25, -0.2) is 0 Å². The SMILES string of the molecule is CC(=O)Nc1ccc(CNC(=O)C2(N)C3CCCOC3C2(C)C)cc1. The van der Waals surface area contributed by atoms with Gasteiger partial charge in [-0.05, 0) is 30.5 Å². The molecule has 0 aromatic heterocycles. The molecule has 1 aliphatic heterocycles. The Morgan fingerprint density at radius 3 is 2.60 bits per heavy atom. The predicted octanol–water partition coefficient (Wildman–Crippen LogP) is 1.79. The van der Waals surface area contributed by atoms with Crippen molar-refractivity contribution in [2.24, 2.45) is 17.1 Å². The van der Waals surface area contributed by atoms with Crippen LogP contribution in [0.3, 0.4) is 0 Å². The standard InChI is InChI=1S/C19H27N3O3/c1-12(23)22-14-8-6-13(7-9-14)11-21-17(24)19(20)15-5-4-10-25-16(15)18(19,2)3/h6-9,15-16H,4-5,10-11,20H2,1-3H3,(H,21,24)(H,22,23). The number of fused-ring (bicyclic) bond motifs is 1. The van der Waals surface area contributed by atoms with Gasteiger partial charge in [0.1, 0.15) is 5.54 Å². The number of benzene rings is 1. The number of carbonyl (C=O) groups excluding carboxylic acids is 2. The fourth-order valence-electron chi connectivity index (χ4n) is 4.27. The summed E-state index contributed by atoms with van der Waals surface area (Å²) in [5, 5.41) is 5.70. The molecule has 0 bridgehead atoms. The van der Waals surface area contributed by atoms with Crippen LogP contribution in [0.15, 0.2) is 24.3 Å². The van der Waals surface area contributed by atoms with Crippen molar-refractivity contribution in [2.75, 3.05) is 11.9 Å². The molecule has 3 atom stereocenters. The van der Waals surface area contributed by atoms with Gasteiger partial charge in [0.15, 0.2) is 0 Å². The third kappa shape index (κ3) is 2.93. The highest BCUT2D eigenvalue weighted by atomic mass is 16.5. The van der Waals surface area contributed by atoms with Gasteiger partial charge in [-0.3, -0.25) is 9.59 Å². The third-order valence-electron chi connectivity index (χ3n) is 5.79. The second-order valence-electron chi connectivity index (χ2n) is 7.69. The highest BCUT2D eigenvalue weighted by Crippen LogP contribution is 2.57. The highest BCUT2D eigenvalue weighted by molar-refractivity contribution is 5.90. The number of anilines is 1. The Morgan fingerprint density at radius 1 is 1.28 bits per heavy atom. The van der Waals surface area contributed by atoms with Gasteiger partial charge in [0.25, 0.3) is 0 Å². The van der Waals surface area contributed by atoms with E-state index in [9.17, 15) is 9.59 Å². The molecule has 1 aromatic carbocycles. The number of rotatable bonds is 4. The zero-order valence-corrected chi connectivity index (χ0v) is 15.1. The summed E-state index contributed by atoms with van der Waals surface area (Å²) in [7, 11) is 0. The molecule has 2 aliphatic rings. The van der Waals surface area contributed by atoms with E-state index in [1.54, 1.807) is 0 Å². The average Bonchev–Trinajstić information content (AvgIpc) is 2.59. The number of ether oxygens (including phenoxy) is 1. The minimum atomic E-state index is -0.895. The van der Waals surface area contributed by atoms with E-state index >= 15 is 0 Å². The number of hydrogen-bond donors (Lipinski definition) is 3. The Morgan fingerprint density at radius 2 is 1.96 bits per heavy atom. The molecule has 136 valence electrons. The summed E-state index contributed by atoms with van der Waals surface area (Å²) in [4.78, 5) is 23.9. The Bertz CT molecular complexity index is 671. The van der Waals surface area contributed by atoms with E-state index in [1.807, 2.05) is 38.1 Å². The number of nitrogens with two attached hydrogens (primary N) is 1. The van der Waals surface area contributed by atoms with Gasteiger partial charge in [0.2, 0.25) is 11.8 Å². The van der Waals surface area contributed by atoms with Crippen molar-refractivity contribution >= 4 is 17.5 Å². The molecule has 6 nitrogen and oxygen atoms in total. The van der Waals surface area contributed by atoms with Crippen LogP contribution in [-0.2, 0) is 20.9 Å². The summed E-state index contributed by atoms with van der Waals surface area (Å²) in [6.45, 7) is 6.66. The van der Waals surface area contributed by atoms with Crippen LogP contribution in [0.5, 0.6) is 0 Å². The Balaban J connectivity index is 1.63. The number of hydrogen-bond acceptors (Lipinski definition) is 4. The van der Waals surface area contributed by atoms with Crippen molar-refractivity contribution in [3.63, 3.8) is 0 Å². The first-order valence-corrected chi connectivity index (χ1v) is 8.82. The average molecular weight is 345 g/mol. The molecule has 3 rings (SSSR count). The Kier molecular flexibility index (Phi) is 4.60. The third-order valence-corrected chi connectivity index (χ3v) is 5.79. The summed E-state index contributed by atoms with van der Waals surface area (Å²) in [6, 6.07) is 7.40. The minimum Gasteiger partial charge on any atom is -0.377 e. The molecule has 2 fully saturated rings. The van der Waals surface area contributed by atoms with Crippen LogP contribution >= 0.6 is 0 Å². The molecule has 1 aliphatic carbocycles. The van der Waals surface area contributed by atoms with Crippen molar-refractivity contribution in [3.05, 3.63) is 29.8 Å². The van der Waals surface area contributed by atoms with Crippen LogP contribution in [0.2, 0.25) is 0 Å². The molecule has 1 saturated heterocycles. The monoisotopic (exact) mass is 345 g/mol. The lowest BCUT2D eigenvalue weighted by atomic mass is 9.46. The van der Waals surface area contributed by atoms with E-state index in [2.05, 4.69) is 10.6 Å². The van der Waals surface area contributed by atoms with E-state index in [1.165, 1.54) is 6.92 Å². The molecule has 25 heavy (non-hydrogen) atoms. The van der Waals surface area contributed by atoms with Crippen molar-refractivity contribution < 1.29 is 14.3 Å². The summed E-state index contributed by atoms with van der Waals surface area (Å²) < 4.78 is 5.85. The van der Waals surface area contributed by atoms with Crippen molar-refractivity contribution in [1.29, 1.82) is 0 Å². The van der Waals surface area contributed by atoms with E-state index in [-0.39, 0.29) is 29.3 Å². The second kappa shape index (κ2) is 6.42. The van der Waals surface area contributed by atoms with Gasteiger partial charge >= 0.3 is 0 Å². The van der Waals surface area contributed by atoms with Gasteiger partial charge in [0, 0.05) is 37.1 Å². The van der Waals surface area contributed by atoms with Crippen molar-refractivity contribution in [1.82, 2.24) is 5.32 Å². The lowest BCUT2D eigenvalue weighted by molar-refractivity contribution is -0.225. The molecular weight excluding hydrogens is 318 g/mol. The maximum absolute atomic E-state index is 12.9. The first-order valence-electron chi connectivity index (χ1n) is 8.82. The van der Waals surface area contributed by atoms with Crippen LogP contribution in [0, 0.1) is 11.3 Å². The zero-order valence-electron chi connectivity index (χ0n) is 15.1. The lowest BCUT2D eigenvalue weighted by Gasteiger charge is -2.65. The maximum atomic E-state index is 12.9. The zero-order chi connectivity index (χ0) is 18.2. The molecule has 6 heteroatoms. The first kappa shape index (κ1) is 17.9. The van der Waals surface area contributed by atoms with E-state index < -0.39 is 5.54 Å². The van der Waals surface area contributed by atoms with Crippen molar-refractivity contribution in [2.45, 2.75) is 51.8 Å². The molecular formula is C19H27N3O3. The second-order valence-corrected chi connectivity index (χ2v) is 7.69. The molecule has 0 spiro atoms. The van der Waals surface area contributed by atoms with Gasteiger partial charge < -0.3 is 21.1 Å². The highest BCUT2D eigenvalue weighted by Gasteiger charge is 2.70. The molecule has 1 saturated carbocycles. The molecule has 0 radical (unpaired) electrons. The van der Waals surface area contributed by atoms with Gasteiger partial charge in [-0.15, -0.1) is 0 Å². The number of carbonyl (C=O) groups is 2. The van der Waals surface area contributed by atoms with Crippen molar-refractivity contribution in [3.8, 4) is 0 Å². The Labute approximate surface area is 148 Å². The van der Waals surface area contributed by atoms with E-state index in [0.29, 0.717) is 6.54 Å². The molecule has 3 unspecified atom stereocenters. The van der Waals surface area contributed by atoms with Crippen LogP contribution in [0.25, 0.3) is 0 Å². The number of nitrogens with one attached hydrogen (secondary N) is 2. The van der Waals surface area contributed by atoms with Gasteiger partial charge in [-0.1, -0.05) is 26.0 Å². The largest absolute Gasteiger partial charge is 0.377 e. The lowest BCUT2D eigenvalue weighted by Crippen LogP contribution is -2.82. The molecule has 4 N–H and O–H groups in total. The maximum Gasteiger partial charge on any atom is 0.241 e. The summed E-state index contributed by atoms with van der Waals surface area (Å²) in [5.41, 5.74) is 7.00. The minimum absolute atomic E-state index is 0.0638. The molecule has 1 heterocycles. The van der Waals surface area contributed by atoms with E-state index in [0.717, 1.165) is 30.7 Å². The summed E-state index contributed by atoms with van der Waals surface area (Å²) in [5.74, 6) is -0.142. The smallest absolute Gasteiger partial charge is 0.241 e. The predicted molar refractivity (Wildman–Crippen MR) is 95.8 cm³/mol. The molecule has 2 amide bonds. The van der Waals surface area contributed by atoms with Gasteiger partial charge in [0.05, 0.1) is 6.10 Å². The molecule has 1 aromatic rings. The first-order chi connectivity index (χ1) is 11.8. The number of amides is 2. The summed E-state index contributed by atoms with van der Waals surface area (Å²) in [6.07, 6.45) is 1.95. The topological polar surface area (TPSA) is 93.5 Å². The van der Waals surface area contributed by atoms with Crippen LogP contribution in [0.1, 0.15) is 39.2 Å². The normalized spacial score (nSPS) is 29.9. The van der Waals surface area contributed by atoms with Crippen LogP contribution in [0.4, 0.5) is 5.69 Å². The summed E-state index contributed by atoms with van der Waals surface area (Å²) >= 11 is 0.